The Balaban J connectivity index is 3.40. The molecule has 2 N–H and O–H groups in total. The van der Waals surface area contributed by atoms with Crippen LogP contribution >= 0.6 is 0 Å². The van der Waals surface area contributed by atoms with E-state index in [9.17, 15) is 18.0 Å². The summed E-state index contributed by atoms with van der Waals surface area (Å²) in [5.41, 5.74) is -0.632. The van der Waals surface area contributed by atoms with Gasteiger partial charge >= 0.3 is 16.1 Å². The Morgan fingerprint density at radius 1 is 1.33 bits per heavy atom. The molecule has 0 heterocycles. The van der Waals surface area contributed by atoms with E-state index in [1.807, 2.05) is 0 Å². The summed E-state index contributed by atoms with van der Waals surface area (Å²) in [5.74, 6) is -2.64. The molecule has 116 valence electrons. The number of benzene rings is 1. The van der Waals surface area contributed by atoms with Crippen molar-refractivity contribution in [2.24, 2.45) is 0 Å². The summed E-state index contributed by atoms with van der Waals surface area (Å²) < 4.78 is 27.9. The molecule has 0 aromatic heterocycles. The lowest BCUT2D eigenvalue weighted by Gasteiger charge is -2.14. The maximum Gasteiger partial charge on any atom is 0.336 e. The van der Waals surface area contributed by atoms with Crippen LogP contribution in [0, 0.1) is 0 Å². The second-order valence-electron chi connectivity index (χ2n) is 4.54. The van der Waals surface area contributed by atoms with Crippen molar-refractivity contribution in [3.8, 4) is 5.75 Å². The fraction of sp³-hybridized carbons (Fsp3) is 0.385. The SMILES string of the molecule is CCS(=O)(=O)Oc1cccc(C(=O)O)c1C(=O)NC(C)C. The van der Waals surface area contributed by atoms with Gasteiger partial charge in [0.15, 0.2) is 5.75 Å². The Morgan fingerprint density at radius 2 is 1.95 bits per heavy atom. The van der Waals surface area contributed by atoms with Crippen molar-refractivity contribution in [2.75, 3.05) is 5.75 Å². The summed E-state index contributed by atoms with van der Waals surface area (Å²) >= 11 is 0. The normalized spacial score (nSPS) is 11.2. The maximum atomic E-state index is 12.1. The smallest absolute Gasteiger partial charge is 0.336 e. The number of carbonyl (C=O) groups is 2. The van der Waals surface area contributed by atoms with Crippen molar-refractivity contribution in [3.05, 3.63) is 29.3 Å². The molecule has 0 aliphatic heterocycles. The van der Waals surface area contributed by atoms with E-state index >= 15 is 0 Å². The third kappa shape index (κ3) is 4.45. The first-order chi connectivity index (χ1) is 9.68. The molecule has 8 heteroatoms. The van der Waals surface area contributed by atoms with Crippen LogP contribution in [-0.4, -0.2) is 37.2 Å². The van der Waals surface area contributed by atoms with Gasteiger partial charge in [0.05, 0.1) is 16.9 Å². The fourth-order valence-corrected chi connectivity index (χ4v) is 2.07. The predicted octanol–water partition coefficient (Wildman–Crippen LogP) is 1.25. The summed E-state index contributed by atoms with van der Waals surface area (Å²) in [4.78, 5) is 23.3. The van der Waals surface area contributed by atoms with Gasteiger partial charge < -0.3 is 14.6 Å². The van der Waals surface area contributed by atoms with Gasteiger partial charge in [0.25, 0.3) is 5.91 Å². The van der Waals surface area contributed by atoms with Crippen LogP contribution in [0.3, 0.4) is 0 Å². The van der Waals surface area contributed by atoms with Gasteiger partial charge in [-0.25, -0.2) is 4.79 Å². The van der Waals surface area contributed by atoms with Crippen LogP contribution in [0.2, 0.25) is 0 Å². The van der Waals surface area contributed by atoms with Gasteiger partial charge in [0.1, 0.15) is 0 Å². The number of aromatic carboxylic acids is 1. The van der Waals surface area contributed by atoms with Crippen LogP contribution in [0.25, 0.3) is 0 Å². The van der Waals surface area contributed by atoms with Gasteiger partial charge in [0.2, 0.25) is 0 Å². The highest BCUT2D eigenvalue weighted by molar-refractivity contribution is 7.87. The molecule has 0 unspecified atom stereocenters. The van der Waals surface area contributed by atoms with E-state index in [-0.39, 0.29) is 28.7 Å². The van der Waals surface area contributed by atoms with E-state index in [0.717, 1.165) is 0 Å². The lowest BCUT2D eigenvalue weighted by Crippen LogP contribution is -2.32. The molecule has 21 heavy (non-hydrogen) atoms. The monoisotopic (exact) mass is 315 g/mol. The van der Waals surface area contributed by atoms with Crippen molar-refractivity contribution in [1.29, 1.82) is 0 Å². The van der Waals surface area contributed by atoms with Crippen LogP contribution in [-0.2, 0) is 10.1 Å². The molecule has 0 atom stereocenters. The Bertz CT molecular complexity index is 651. The van der Waals surface area contributed by atoms with Gasteiger partial charge in [-0.1, -0.05) is 6.07 Å². The van der Waals surface area contributed by atoms with Gasteiger partial charge in [-0.2, -0.15) is 8.42 Å². The number of amides is 1. The van der Waals surface area contributed by atoms with Crippen LogP contribution < -0.4 is 9.50 Å². The Morgan fingerprint density at radius 3 is 2.43 bits per heavy atom. The van der Waals surface area contributed by atoms with Crippen LogP contribution in [0.15, 0.2) is 18.2 Å². The van der Waals surface area contributed by atoms with Gasteiger partial charge in [-0.05, 0) is 32.9 Å². The molecule has 1 amide bonds. The highest BCUT2D eigenvalue weighted by atomic mass is 32.2. The predicted molar refractivity (Wildman–Crippen MR) is 76.1 cm³/mol. The average molecular weight is 315 g/mol. The van der Waals surface area contributed by atoms with Crippen molar-refractivity contribution < 1.29 is 27.3 Å². The molecule has 0 aliphatic rings. The largest absolute Gasteiger partial charge is 0.478 e. The number of carbonyl (C=O) groups excluding carboxylic acids is 1. The third-order valence-electron chi connectivity index (χ3n) is 2.47. The summed E-state index contributed by atoms with van der Waals surface area (Å²) in [6.45, 7) is 4.78. The number of hydrogen-bond donors (Lipinski definition) is 2. The molecule has 0 fully saturated rings. The molecule has 1 aromatic rings. The van der Waals surface area contributed by atoms with E-state index in [4.69, 9.17) is 9.29 Å². The quantitative estimate of drug-likeness (QED) is 0.765. The number of nitrogens with one attached hydrogen (secondary N) is 1. The zero-order chi connectivity index (χ0) is 16.2. The van der Waals surface area contributed by atoms with Gasteiger partial charge in [0, 0.05) is 6.04 Å². The minimum absolute atomic E-state index is 0.241. The van der Waals surface area contributed by atoms with E-state index in [0.29, 0.717) is 0 Å². The first-order valence-corrected chi connectivity index (χ1v) is 7.85. The number of hydrogen-bond acceptors (Lipinski definition) is 5. The van der Waals surface area contributed by atoms with Crippen molar-refractivity contribution >= 4 is 22.0 Å². The number of carboxylic acids is 1. The van der Waals surface area contributed by atoms with E-state index in [1.54, 1.807) is 13.8 Å². The fourth-order valence-electron chi connectivity index (χ4n) is 1.54. The zero-order valence-electron chi connectivity index (χ0n) is 11.9. The van der Waals surface area contributed by atoms with Crippen molar-refractivity contribution in [1.82, 2.24) is 5.32 Å². The second kappa shape index (κ2) is 6.57. The Kier molecular flexibility index (Phi) is 5.31. The molecule has 0 bridgehead atoms. The van der Waals surface area contributed by atoms with Crippen LogP contribution in [0.4, 0.5) is 0 Å². The first-order valence-electron chi connectivity index (χ1n) is 6.27. The highest BCUT2D eigenvalue weighted by Crippen LogP contribution is 2.24. The van der Waals surface area contributed by atoms with E-state index < -0.39 is 22.0 Å². The standard InChI is InChI=1S/C13H17NO6S/c1-4-21(18,19)20-10-7-5-6-9(13(16)17)11(10)12(15)14-8(2)3/h5-8H,4H2,1-3H3,(H,14,15)(H,16,17). The Labute approximate surface area is 123 Å². The van der Waals surface area contributed by atoms with Crippen LogP contribution in [0.1, 0.15) is 41.5 Å². The van der Waals surface area contributed by atoms with Gasteiger partial charge in [-0.15, -0.1) is 0 Å². The third-order valence-corrected chi connectivity index (χ3v) is 3.61. The summed E-state index contributed by atoms with van der Waals surface area (Å²) in [6, 6.07) is 3.53. The molecule has 0 spiro atoms. The number of carboxylic acid groups (broad SMARTS) is 1. The highest BCUT2D eigenvalue weighted by Gasteiger charge is 2.24. The molecule has 0 saturated carbocycles. The second-order valence-corrected chi connectivity index (χ2v) is 6.40. The molecular weight excluding hydrogens is 298 g/mol. The minimum atomic E-state index is -3.87. The average Bonchev–Trinajstić information content (AvgIpc) is 2.37. The maximum absolute atomic E-state index is 12.1. The molecule has 0 radical (unpaired) electrons. The summed E-state index contributed by atoms with van der Waals surface area (Å²) in [6.07, 6.45) is 0. The topological polar surface area (TPSA) is 110 Å². The zero-order valence-corrected chi connectivity index (χ0v) is 12.7. The summed E-state index contributed by atoms with van der Waals surface area (Å²) in [5, 5.41) is 11.7. The Hall–Kier alpha value is -2.09. The van der Waals surface area contributed by atoms with Gasteiger partial charge in [-0.3, -0.25) is 4.79 Å². The molecule has 7 nitrogen and oxygen atoms in total. The van der Waals surface area contributed by atoms with Crippen LogP contribution in [0.5, 0.6) is 5.75 Å². The lowest BCUT2D eigenvalue weighted by molar-refractivity contribution is 0.0690. The van der Waals surface area contributed by atoms with Crippen molar-refractivity contribution in [3.63, 3.8) is 0 Å². The summed E-state index contributed by atoms with van der Waals surface area (Å²) in [7, 11) is -3.87. The number of rotatable bonds is 6. The molecule has 0 aliphatic carbocycles. The van der Waals surface area contributed by atoms with Crippen molar-refractivity contribution in [2.45, 2.75) is 26.8 Å². The lowest BCUT2D eigenvalue weighted by atomic mass is 10.1. The first kappa shape index (κ1) is 17.0. The van der Waals surface area contributed by atoms with E-state index in [2.05, 4.69) is 5.32 Å². The molecule has 1 rings (SSSR count). The van der Waals surface area contributed by atoms with E-state index in [1.165, 1.54) is 25.1 Å². The molecular formula is C13H17NO6S. The molecule has 1 aromatic carbocycles. The molecule has 0 saturated heterocycles. The minimum Gasteiger partial charge on any atom is -0.478 e.